The van der Waals surface area contributed by atoms with Crippen molar-refractivity contribution in [3.8, 4) is 0 Å². The summed E-state index contributed by atoms with van der Waals surface area (Å²) >= 11 is 0. The van der Waals surface area contributed by atoms with E-state index >= 15 is 0 Å². The minimum absolute atomic E-state index is 0.397. The topological polar surface area (TPSA) is 69.8 Å². The summed E-state index contributed by atoms with van der Waals surface area (Å²) in [5.41, 5.74) is 8.09. The first-order valence-electron chi connectivity index (χ1n) is 6.91. The van der Waals surface area contributed by atoms with Crippen molar-refractivity contribution in [2.24, 2.45) is 0 Å². The van der Waals surface area contributed by atoms with E-state index in [0.29, 0.717) is 26.2 Å². The Morgan fingerprint density at radius 2 is 1.81 bits per heavy atom. The average Bonchev–Trinajstić information content (AvgIpc) is 3.01. The standard InChI is InChI=1S/C15H19N3O2S/c16-13-11-12(3-4-14(13)21-9-1-2-10-21)17-5-7-18(8-6-17)15(19)20/h1-4,9-11,21H,5-8,16H2,(H,19,20). The van der Waals surface area contributed by atoms with E-state index in [9.17, 15) is 4.79 Å². The number of hydrogen-bond donors (Lipinski definition) is 3. The van der Waals surface area contributed by atoms with Crippen LogP contribution in [0.1, 0.15) is 0 Å². The van der Waals surface area contributed by atoms with E-state index in [-0.39, 0.29) is 0 Å². The summed E-state index contributed by atoms with van der Waals surface area (Å²) < 4.78 is 0. The number of rotatable bonds is 2. The largest absolute Gasteiger partial charge is 0.465 e. The van der Waals surface area contributed by atoms with Crippen LogP contribution in [0, 0.1) is 0 Å². The molecule has 5 nitrogen and oxygen atoms in total. The maximum atomic E-state index is 10.9. The molecule has 1 aromatic carbocycles. The van der Waals surface area contributed by atoms with Gasteiger partial charge in [0.2, 0.25) is 0 Å². The fraction of sp³-hybridized carbons (Fsp3) is 0.267. The predicted molar refractivity (Wildman–Crippen MR) is 88.2 cm³/mol. The van der Waals surface area contributed by atoms with E-state index in [4.69, 9.17) is 10.8 Å². The predicted octanol–water partition coefficient (Wildman–Crippen LogP) is 2.47. The Balaban J connectivity index is 1.72. The van der Waals surface area contributed by atoms with Crippen LogP contribution in [0.4, 0.5) is 16.2 Å². The molecule has 2 aliphatic heterocycles. The normalized spacial score (nSPS) is 19.3. The number of hydrogen-bond acceptors (Lipinski definition) is 3. The van der Waals surface area contributed by atoms with Gasteiger partial charge in [-0.05, 0) is 29.0 Å². The molecule has 1 fully saturated rings. The van der Waals surface area contributed by atoms with Gasteiger partial charge in [-0.25, -0.2) is 4.79 Å². The number of anilines is 2. The molecule has 0 spiro atoms. The monoisotopic (exact) mass is 305 g/mol. The Morgan fingerprint density at radius 3 is 2.38 bits per heavy atom. The summed E-state index contributed by atoms with van der Waals surface area (Å²) in [6.45, 7) is 2.49. The average molecular weight is 305 g/mol. The maximum absolute atomic E-state index is 10.9. The first kappa shape index (κ1) is 13.9. The highest BCUT2D eigenvalue weighted by Gasteiger charge is 2.21. The Hall–Kier alpha value is -2.08. The molecule has 6 heteroatoms. The molecule has 0 atom stereocenters. The molecule has 2 aliphatic rings. The summed E-state index contributed by atoms with van der Waals surface area (Å²) in [5, 5.41) is 13.3. The molecule has 0 radical (unpaired) electrons. The lowest BCUT2D eigenvalue weighted by Crippen LogP contribution is -2.48. The molecular weight excluding hydrogens is 286 g/mol. The highest BCUT2D eigenvalue weighted by molar-refractivity contribution is 8.22. The molecule has 21 heavy (non-hydrogen) atoms. The van der Waals surface area contributed by atoms with Gasteiger partial charge in [-0.2, -0.15) is 10.9 Å². The van der Waals surface area contributed by atoms with E-state index in [1.807, 2.05) is 6.07 Å². The van der Waals surface area contributed by atoms with Crippen molar-refractivity contribution in [2.45, 2.75) is 4.90 Å². The number of allylic oxidation sites excluding steroid dienone is 2. The minimum atomic E-state index is -0.841. The molecule has 2 heterocycles. The SMILES string of the molecule is Nc1cc(N2CCN(C(=O)O)CC2)ccc1[SH]1C=CC=C1. The summed E-state index contributed by atoms with van der Waals surface area (Å²) in [7, 11) is -0.397. The number of nitrogens with zero attached hydrogens (tertiary/aromatic N) is 2. The number of thiol groups is 1. The summed E-state index contributed by atoms with van der Waals surface area (Å²) in [6, 6.07) is 6.19. The third-order valence-electron chi connectivity index (χ3n) is 3.81. The van der Waals surface area contributed by atoms with Crippen molar-refractivity contribution in [3.05, 3.63) is 41.2 Å². The first-order chi connectivity index (χ1) is 10.1. The number of nitrogen functional groups attached to an aromatic ring is 1. The Labute approximate surface area is 126 Å². The Morgan fingerprint density at radius 1 is 1.14 bits per heavy atom. The zero-order chi connectivity index (χ0) is 14.8. The van der Waals surface area contributed by atoms with E-state index in [1.54, 1.807) is 0 Å². The fourth-order valence-electron chi connectivity index (χ4n) is 2.62. The number of nitrogens with two attached hydrogens (primary N) is 1. The van der Waals surface area contributed by atoms with Gasteiger partial charge in [0.25, 0.3) is 0 Å². The van der Waals surface area contributed by atoms with Crippen LogP contribution in [-0.4, -0.2) is 42.3 Å². The smallest absolute Gasteiger partial charge is 0.407 e. The molecule has 0 saturated carbocycles. The van der Waals surface area contributed by atoms with Crippen LogP contribution in [0.15, 0.2) is 46.1 Å². The molecule has 3 N–H and O–H groups in total. The molecule has 3 rings (SSSR count). The van der Waals surface area contributed by atoms with Gasteiger partial charge in [-0.1, -0.05) is 12.2 Å². The lowest BCUT2D eigenvalue weighted by atomic mass is 10.2. The van der Waals surface area contributed by atoms with E-state index in [1.165, 1.54) is 9.80 Å². The van der Waals surface area contributed by atoms with Gasteiger partial charge >= 0.3 is 6.09 Å². The van der Waals surface area contributed by atoms with Crippen molar-refractivity contribution in [1.82, 2.24) is 4.90 Å². The second-order valence-corrected chi connectivity index (χ2v) is 6.98. The zero-order valence-corrected chi connectivity index (χ0v) is 12.5. The summed E-state index contributed by atoms with van der Waals surface area (Å²) in [5.74, 6) is 0. The molecule has 0 bridgehead atoms. The van der Waals surface area contributed by atoms with Crippen LogP contribution in [0.25, 0.3) is 0 Å². The van der Waals surface area contributed by atoms with Gasteiger partial charge in [-0.15, -0.1) is 0 Å². The second-order valence-electron chi connectivity index (χ2n) is 5.09. The van der Waals surface area contributed by atoms with Crippen molar-refractivity contribution < 1.29 is 9.90 Å². The van der Waals surface area contributed by atoms with Gasteiger partial charge in [0.1, 0.15) is 0 Å². The zero-order valence-electron chi connectivity index (χ0n) is 11.6. The fourth-order valence-corrected chi connectivity index (χ4v) is 4.22. The Kier molecular flexibility index (Phi) is 3.79. The molecule has 1 saturated heterocycles. The van der Waals surface area contributed by atoms with Gasteiger partial charge in [0.15, 0.2) is 0 Å². The van der Waals surface area contributed by atoms with Crippen molar-refractivity contribution in [3.63, 3.8) is 0 Å². The first-order valence-corrected chi connectivity index (χ1v) is 8.39. The molecule has 1 aromatic rings. The second kappa shape index (κ2) is 5.73. The molecule has 0 aliphatic carbocycles. The minimum Gasteiger partial charge on any atom is -0.465 e. The van der Waals surface area contributed by atoms with E-state index in [2.05, 4.69) is 40.0 Å². The number of benzene rings is 1. The summed E-state index contributed by atoms with van der Waals surface area (Å²) in [4.78, 5) is 15.7. The quantitative estimate of drug-likeness (QED) is 0.580. The molecular formula is C15H19N3O2S. The molecule has 0 aromatic heterocycles. The van der Waals surface area contributed by atoms with Crippen LogP contribution in [-0.2, 0) is 0 Å². The molecule has 1 amide bonds. The van der Waals surface area contributed by atoms with Gasteiger partial charge < -0.3 is 20.6 Å². The highest BCUT2D eigenvalue weighted by Crippen LogP contribution is 2.45. The highest BCUT2D eigenvalue weighted by atomic mass is 32.2. The number of piperazine rings is 1. The maximum Gasteiger partial charge on any atom is 0.407 e. The van der Waals surface area contributed by atoms with Crippen LogP contribution in [0.5, 0.6) is 0 Å². The summed E-state index contributed by atoms with van der Waals surface area (Å²) in [6.07, 6.45) is 3.28. The third-order valence-corrected chi connectivity index (χ3v) is 5.76. The lowest BCUT2D eigenvalue weighted by Gasteiger charge is -2.35. The van der Waals surface area contributed by atoms with E-state index < -0.39 is 17.0 Å². The van der Waals surface area contributed by atoms with Crippen LogP contribution in [0.2, 0.25) is 0 Å². The number of amides is 1. The van der Waals surface area contributed by atoms with Crippen molar-refractivity contribution in [2.75, 3.05) is 36.8 Å². The molecule has 0 unspecified atom stereocenters. The number of carboxylic acid groups (broad SMARTS) is 1. The van der Waals surface area contributed by atoms with Crippen LogP contribution < -0.4 is 10.6 Å². The van der Waals surface area contributed by atoms with Crippen molar-refractivity contribution >= 4 is 28.4 Å². The molecule has 112 valence electrons. The number of carbonyl (C=O) groups is 1. The van der Waals surface area contributed by atoms with Gasteiger partial charge in [0.05, 0.1) is 0 Å². The van der Waals surface area contributed by atoms with Crippen molar-refractivity contribution in [1.29, 1.82) is 0 Å². The van der Waals surface area contributed by atoms with Crippen LogP contribution >= 0.6 is 10.9 Å². The van der Waals surface area contributed by atoms with E-state index in [0.717, 1.165) is 11.4 Å². The Bertz CT molecular complexity index is 595. The van der Waals surface area contributed by atoms with Crippen LogP contribution in [0.3, 0.4) is 0 Å². The van der Waals surface area contributed by atoms with Gasteiger partial charge in [0, 0.05) is 42.4 Å². The third kappa shape index (κ3) is 2.85. The van der Waals surface area contributed by atoms with Gasteiger partial charge in [-0.3, -0.25) is 0 Å². The lowest BCUT2D eigenvalue weighted by molar-refractivity contribution is 0.142.